The van der Waals surface area contributed by atoms with Crippen LogP contribution in [0.3, 0.4) is 0 Å². The molecule has 1 atom stereocenters. The summed E-state index contributed by atoms with van der Waals surface area (Å²) in [4.78, 5) is 14.0. The summed E-state index contributed by atoms with van der Waals surface area (Å²) >= 11 is 3.45. The first-order valence-electron chi connectivity index (χ1n) is 5.81. The number of carbonyl (C=O) groups is 1. The summed E-state index contributed by atoms with van der Waals surface area (Å²) in [6.45, 7) is 3.35. The van der Waals surface area contributed by atoms with Crippen LogP contribution in [-0.4, -0.2) is 25.0 Å². The van der Waals surface area contributed by atoms with Crippen molar-refractivity contribution in [3.05, 3.63) is 28.2 Å². The lowest BCUT2D eigenvalue weighted by atomic mass is 10.1. The molecule has 1 fully saturated rings. The first kappa shape index (κ1) is 13.1. The summed E-state index contributed by atoms with van der Waals surface area (Å²) in [5.41, 5.74) is 1.99. The molecule has 1 aromatic rings. The molecule has 0 radical (unpaired) electrons. The highest BCUT2D eigenvalue weighted by molar-refractivity contribution is 9.10. The number of nitrogens with zero attached hydrogens (tertiary/aromatic N) is 2. The third kappa shape index (κ3) is 2.55. The summed E-state index contributed by atoms with van der Waals surface area (Å²) in [5, 5.41) is 11.8. The summed E-state index contributed by atoms with van der Waals surface area (Å²) in [5.74, 6) is -0.0236. The molecule has 5 heteroatoms. The number of nitrogens with one attached hydrogen (secondary N) is 1. The molecule has 1 saturated heterocycles. The molecule has 1 unspecified atom stereocenters. The number of hydrogen-bond donors (Lipinski definition) is 1. The quantitative estimate of drug-likeness (QED) is 0.909. The van der Waals surface area contributed by atoms with E-state index >= 15 is 0 Å². The second kappa shape index (κ2) is 5.51. The highest BCUT2D eigenvalue weighted by atomic mass is 79.9. The second-order valence-corrected chi connectivity index (χ2v) is 5.15. The Bertz CT molecular complexity index is 509. The van der Waals surface area contributed by atoms with Crippen LogP contribution >= 0.6 is 15.9 Å². The maximum atomic E-state index is 12.2. The van der Waals surface area contributed by atoms with Gasteiger partial charge >= 0.3 is 0 Å². The first-order chi connectivity index (χ1) is 8.63. The lowest BCUT2D eigenvalue weighted by Crippen LogP contribution is -2.55. The number of halogens is 1. The fraction of sp³-hybridized carbons (Fsp3) is 0.385. The Balaban J connectivity index is 2.24. The van der Waals surface area contributed by atoms with Gasteiger partial charge in [0.1, 0.15) is 6.04 Å². The van der Waals surface area contributed by atoms with Crippen LogP contribution in [0.25, 0.3) is 0 Å². The van der Waals surface area contributed by atoms with E-state index in [0.717, 1.165) is 15.7 Å². The minimum atomic E-state index is -0.382. The molecule has 0 aromatic heterocycles. The summed E-state index contributed by atoms with van der Waals surface area (Å²) in [7, 11) is 0. The highest BCUT2D eigenvalue weighted by Gasteiger charge is 2.29. The molecule has 2 rings (SSSR count). The molecule has 4 nitrogen and oxygen atoms in total. The molecule has 0 saturated carbocycles. The predicted molar refractivity (Wildman–Crippen MR) is 73.3 cm³/mol. The molecule has 1 aliphatic heterocycles. The van der Waals surface area contributed by atoms with Crippen molar-refractivity contribution in [2.24, 2.45) is 0 Å². The second-order valence-electron chi connectivity index (χ2n) is 4.29. The van der Waals surface area contributed by atoms with Gasteiger partial charge in [0.2, 0.25) is 5.91 Å². The maximum Gasteiger partial charge on any atom is 0.245 e. The zero-order chi connectivity index (χ0) is 13.1. The van der Waals surface area contributed by atoms with Gasteiger partial charge < -0.3 is 10.2 Å². The monoisotopic (exact) mass is 307 g/mol. The van der Waals surface area contributed by atoms with Gasteiger partial charge in [-0.25, -0.2) is 0 Å². The van der Waals surface area contributed by atoms with Gasteiger partial charge in [-0.2, -0.15) is 5.26 Å². The number of benzene rings is 1. The topological polar surface area (TPSA) is 56.1 Å². The zero-order valence-corrected chi connectivity index (χ0v) is 11.7. The van der Waals surface area contributed by atoms with Gasteiger partial charge in [0.05, 0.1) is 12.5 Å². The molecule has 1 heterocycles. The third-order valence-electron chi connectivity index (χ3n) is 3.04. The van der Waals surface area contributed by atoms with E-state index in [2.05, 4.69) is 21.2 Å². The standard InChI is InChI=1S/C13H14BrN3O/c1-9-8-10(2-3-11(9)14)17-7-6-16-12(4-5-15)13(17)18/h2-3,8,12,16H,4,6-7H2,1H3. The number of nitriles is 1. The number of piperazine rings is 1. The number of amides is 1. The molecule has 0 bridgehead atoms. The minimum Gasteiger partial charge on any atom is -0.310 e. The maximum absolute atomic E-state index is 12.2. The van der Waals surface area contributed by atoms with Crippen LogP contribution in [0.15, 0.2) is 22.7 Å². The van der Waals surface area contributed by atoms with E-state index in [1.165, 1.54) is 0 Å². The van der Waals surface area contributed by atoms with Crippen molar-refractivity contribution in [3.63, 3.8) is 0 Å². The van der Waals surface area contributed by atoms with Crippen molar-refractivity contribution < 1.29 is 4.79 Å². The molecule has 1 N–H and O–H groups in total. The van der Waals surface area contributed by atoms with Crippen molar-refractivity contribution in [2.45, 2.75) is 19.4 Å². The highest BCUT2D eigenvalue weighted by Crippen LogP contribution is 2.24. The van der Waals surface area contributed by atoms with E-state index in [1.54, 1.807) is 4.90 Å². The molecular weight excluding hydrogens is 294 g/mol. The third-order valence-corrected chi connectivity index (χ3v) is 3.93. The number of rotatable bonds is 2. The molecule has 1 aliphatic rings. The van der Waals surface area contributed by atoms with Crippen LogP contribution < -0.4 is 10.2 Å². The smallest absolute Gasteiger partial charge is 0.245 e. The van der Waals surface area contributed by atoms with Gasteiger partial charge in [0.25, 0.3) is 0 Å². The molecule has 18 heavy (non-hydrogen) atoms. The largest absolute Gasteiger partial charge is 0.310 e. The number of carbonyl (C=O) groups excluding carboxylic acids is 1. The van der Waals surface area contributed by atoms with Crippen LogP contribution in [0.1, 0.15) is 12.0 Å². The molecule has 1 amide bonds. The van der Waals surface area contributed by atoms with Crippen LogP contribution in [0, 0.1) is 18.3 Å². The summed E-state index contributed by atoms with van der Waals surface area (Å²) in [6, 6.07) is 7.51. The Morgan fingerprint density at radius 1 is 1.61 bits per heavy atom. The Morgan fingerprint density at radius 3 is 3.06 bits per heavy atom. The zero-order valence-electron chi connectivity index (χ0n) is 10.1. The Labute approximate surface area is 115 Å². The van der Waals surface area contributed by atoms with Crippen molar-refractivity contribution in [3.8, 4) is 6.07 Å². The fourth-order valence-corrected chi connectivity index (χ4v) is 2.29. The van der Waals surface area contributed by atoms with Crippen LogP contribution in [0.2, 0.25) is 0 Å². The average Bonchev–Trinajstić information content (AvgIpc) is 2.36. The normalized spacial score (nSPS) is 19.7. The lowest BCUT2D eigenvalue weighted by Gasteiger charge is -2.32. The lowest BCUT2D eigenvalue weighted by molar-refractivity contribution is -0.121. The van der Waals surface area contributed by atoms with Gasteiger partial charge in [-0.1, -0.05) is 15.9 Å². The van der Waals surface area contributed by atoms with Crippen molar-refractivity contribution in [2.75, 3.05) is 18.0 Å². The number of aryl methyl sites for hydroxylation is 1. The van der Waals surface area contributed by atoms with E-state index in [1.807, 2.05) is 31.2 Å². The summed E-state index contributed by atoms with van der Waals surface area (Å²) in [6.07, 6.45) is 0.213. The van der Waals surface area contributed by atoms with Crippen LogP contribution in [0.4, 0.5) is 5.69 Å². The minimum absolute atomic E-state index is 0.0236. The van der Waals surface area contributed by atoms with Crippen molar-refractivity contribution >= 4 is 27.5 Å². The van der Waals surface area contributed by atoms with E-state index in [0.29, 0.717) is 13.1 Å². The Kier molecular flexibility index (Phi) is 4.00. The fourth-order valence-electron chi connectivity index (χ4n) is 2.04. The SMILES string of the molecule is Cc1cc(N2CCNC(CC#N)C2=O)ccc1Br. The molecule has 0 spiro atoms. The van der Waals surface area contributed by atoms with Crippen molar-refractivity contribution in [1.82, 2.24) is 5.32 Å². The molecule has 1 aromatic carbocycles. The Hall–Kier alpha value is -1.38. The van der Waals surface area contributed by atoms with E-state index in [9.17, 15) is 4.79 Å². The van der Waals surface area contributed by atoms with Crippen molar-refractivity contribution in [1.29, 1.82) is 5.26 Å². The van der Waals surface area contributed by atoms with E-state index in [4.69, 9.17) is 5.26 Å². The van der Waals surface area contributed by atoms with E-state index in [-0.39, 0.29) is 18.4 Å². The van der Waals surface area contributed by atoms with E-state index < -0.39 is 0 Å². The molecular formula is C13H14BrN3O. The van der Waals surface area contributed by atoms with Gasteiger partial charge in [0, 0.05) is 23.2 Å². The summed E-state index contributed by atoms with van der Waals surface area (Å²) < 4.78 is 1.03. The van der Waals surface area contributed by atoms with Crippen LogP contribution in [0.5, 0.6) is 0 Å². The average molecular weight is 308 g/mol. The van der Waals surface area contributed by atoms with Gasteiger partial charge in [-0.05, 0) is 30.7 Å². The Morgan fingerprint density at radius 2 is 2.39 bits per heavy atom. The van der Waals surface area contributed by atoms with Gasteiger partial charge in [-0.15, -0.1) is 0 Å². The molecule has 94 valence electrons. The number of hydrogen-bond acceptors (Lipinski definition) is 3. The van der Waals surface area contributed by atoms with Gasteiger partial charge in [0.15, 0.2) is 0 Å². The first-order valence-corrected chi connectivity index (χ1v) is 6.60. The molecule has 0 aliphatic carbocycles. The number of anilines is 1. The predicted octanol–water partition coefficient (Wildman–Crippen LogP) is 1.98. The van der Waals surface area contributed by atoms with Crippen LogP contribution in [-0.2, 0) is 4.79 Å². The van der Waals surface area contributed by atoms with Gasteiger partial charge in [-0.3, -0.25) is 4.79 Å².